The Morgan fingerprint density at radius 3 is 2.88 bits per heavy atom. The van der Waals surface area contributed by atoms with Crippen molar-refractivity contribution in [2.24, 2.45) is 5.73 Å². The van der Waals surface area contributed by atoms with Crippen molar-refractivity contribution in [2.75, 3.05) is 11.9 Å². The van der Waals surface area contributed by atoms with Crippen LogP contribution >= 0.6 is 34.2 Å². The van der Waals surface area contributed by atoms with E-state index in [2.05, 4.69) is 15.3 Å². The van der Waals surface area contributed by atoms with Crippen molar-refractivity contribution < 1.29 is 9.53 Å². The molecule has 1 aromatic heterocycles. The van der Waals surface area contributed by atoms with Crippen LogP contribution in [0.5, 0.6) is 0 Å². The summed E-state index contributed by atoms with van der Waals surface area (Å²) in [5.74, 6) is 0.587. The van der Waals surface area contributed by atoms with Crippen LogP contribution in [0.25, 0.3) is 0 Å². The Kier molecular flexibility index (Phi) is 4.75. The third-order valence-electron chi connectivity index (χ3n) is 1.78. The number of carbonyl (C=O) groups excluding carboxylic acids is 1. The first-order valence-corrected chi connectivity index (χ1v) is 6.14. The molecule has 0 aliphatic rings. The Balaban J connectivity index is 2.75. The van der Waals surface area contributed by atoms with E-state index in [1.54, 1.807) is 0 Å². The average molecular weight is 371 g/mol. The van der Waals surface area contributed by atoms with Crippen molar-refractivity contribution >= 4 is 46.1 Å². The van der Waals surface area contributed by atoms with Crippen LogP contribution in [0.3, 0.4) is 0 Å². The van der Waals surface area contributed by atoms with Gasteiger partial charge in [0, 0.05) is 0 Å². The van der Waals surface area contributed by atoms with E-state index in [4.69, 9.17) is 22.1 Å². The van der Waals surface area contributed by atoms with Crippen LogP contribution in [0.4, 0.5) is 10.6 Å². The van der Waals surface area contributed by atoms with E-state index >= 15 is 0 Å². The van der Waals surface area contributed by atoms with Gasteiger partial charge in [0.15, 0.2) is 0 Å². The normalized spacial score (nSPS) is 11.1. The molecule has 0 unspecified atom stereocenters. The summed E-state index contributed by atoms with van der Waals surface area (Å²) in [7, 11) is 0. The van der Waals surface area contributed by atoms with Crippen molar-refractivity contribution in [1.82, 2.24) is 9.97 Å². The zero-order chi connectivity index (χ0) is 13.1. The lowest BCUT2D eigenvalue weighted by Crippen LogP contribution is -2.38. The number of hydrogen-bond acceptors (Lipinski definition) is 5. The standard InChI is InChI=1S/C9H12ClIN4O2/c1-9(2,3-17-8(12)16)15-7-5(11)6(10)13-4-14-7/h4H,3H2,1-2H3,(H2,12,16)(H,13,14,15). The Bertz CT molecular complexity index is 427. The molecular formula is C9H12ClIN4O2. The smallest absolute Gasteiger partial charge is 0.404 e. The molecule has 0 aromatic carbocycles. The van der Waals surface area contributed by atoms with Gasteiger partial charge in [-0.1, -0.05) is 11.6 Å². The van der Waals surface area contributed by atoms with Crippen LogP contribution in [-0.2, 0) is 4.74 Å². The number of ether oxygens (including phenoxy) is 1. The molecule has 1 heterocycles. The van der Waals surface area contributed by atoms with Crippen LogP contribution in [0.1, 0.15) is 13.8 Å². The zero-order valence-electron chi connectivity index (χ0n) is 9.33. The summed E-state index contributed by atoms with van der Waals surface area (Å²) in [5, 5.41) is 3.48. The first kappa shape index (κ1) is 14.2. The minimum Gasteiger partial charge on any atom is -0.447 e. The Morgan fingerprint density at radius 2 is 2.29 bits per heavy atom. The summed E-state index contributed by atoms with van der Waals surface area (Å²) in [6.45, 7) is 3.82. The molecular weight excluding hydrogens is 358 g/mol. The van der Waals surface area contributed by atoms with E-state index < -0.39 is 11.6 Å². The van der Waals surface area contributed by atoms with E-state index in [0.717, 1.165) is 0 Å². The molecule has 1 rings (SSSR count). The number of aromatic nitrogens is 2. The van der Waals surface area contributed by atoms with Gasteiger partial charge in [0.25, 0.3) is 0 Å². The number of nitrogens with zero attached hydrogens (tertiary/aromatic N) is 2. The molecule has 3 N–H and O–H groups in total. The van der Waals surface area contributed by atoms with Crippen molar-refractivity contribution in [3.8, 4) is 0 Å². The fraction of sp³-hybridized carbons (Fsp3) is 0.444. The molecule has 94 valence electrons. The zero-order valence-corrected chi connectivity index (χ0v) is 12.2. The molecule has 0 saturated carbocycles. The predicted octanol–water partition coefficient (Wildman–Crippen LogP) is 2.02. The molecule has 0 spiro atoms. The van der Waals surface area contributed by atoms with Gasteiger partial charge in [-0.3, -0.25) is 0 Å². The summed E-state index contributed by atoms with van der Waals surface area (Å²) in [5.41, 5.74) is 4.40. The number of hydrogen-bond donors (Lipinski definition) is 2. The van der Waals surface area contributed by atoms with E-state index in [9.17, 15) is 4.79 Å². The maximum Gasteiger partial charge on any atom is 0.404 e. The minimum absolute atomic E-state index is 0.125. The molecule has 0 saturated heterocycles. The summed E-state index contributed by atoms with van der Waals surface area (Å²) in [6, 6.07) is 0. The van der Waals surface area contributed by atoms with Crippen molar-refractivity contribution in [3.63, 3.8) is 0 Å². The number of rotatable bonds is 4. The Hall–Kier alpha value is -0.830. The number of nitrogens with one attached hydrogen (secondary N) is 1. The molecule has 0 fully saturated rings. The lowest BCUT2D eigenvalue weighted by molar-refractivity contribution is 0.138. The lowest BCUT2D eigenvalue weighted by Gasteiger charge is -2.26. The molecule has 6 nitrogen and oxygen atoms in total. The number of carbonyl (C=O) groups is 1. The number of amides is 1. The van der Waals surface area contributed by atoms with Gasteiger partial charge in [0.1, 0.15) is 23.9 Å². The molecule has 0 radical (unpaired) electrons. The number of anilines is 1. The van der Waals surface area contributed by atoms with Crippen molar-refractivity contribution in [3.05, 3.63) is 15.1 Å². The van der Waals surface area contributed by atoms with E-state index in [-0.39, 0.29) is 6.61 Å². The van der Waals surface area contributed by atoms with Crippen LogP contribution in [-0.4, -0.2) is 28.2 Å². The first-order chi connectivity index (χ1) is 7.82. The van der Waals surface area contributed by atoms with Crippen LogP contribution in [0, 0.1) is 3.57 Å². The highest BCUT2D eigenvalue weighted by molar-refractivity contribution is 14.1. The summed E-state index contributed by atoms with van der Waals surface area (Å²) in [6.07, 6.45) is 0.549. The van der Waals surface area contributed by atoms with Crippen LogP contribution in [0.15, 0.2) is 6.33 Å². The van der Waals surface area contributed by atoms with Gasteiger partial charge in [-0.05, 0) is 36.4 Å². The average Bonchev–Trinajstić information content (AvgIpc) is 2.22. The molecule has 17 heavy (non-hydrogen) atoms. The topological polar surface area (TPSA) is 90.1 Å². The summed E-state index contributed by atoms with van der Waals surface area (Å²) in [4.78, 5) is 18.5. The molecule has 0 aliphatic carbocycles. The van der Waals surface area contributed by atoms with Gasteiger partial charge in [0.05, 0.1) is 9.11 Å². The van der Waals surface area contributed by atoms with Crippen LogP contribution < -0.4 is 11.1 Å². The largest absolute Gasteiger partial charge is 0.447 e. The molecule has 0 atom stereocenters. The fourth-order valence-electron chi connectivity index (χ4n) is 1.04. The first-order valence-electron chi connectivity index (χ1n) is 4.68. The molecule has 1 amide bonds. The number of halogens is 2. The number of nitrogens with two attached hydrogens (primary N) is 1. The molecule has 1 aromatic rings. The molecule has 8 heteroatoms. The maximum atomic E-state index is 10.5. The molecule has 0 aliphatic heterocycles. The minimum atomic E-state index is -0.810. The highest BCUT2D eigenvalue weighted by atomic mass is 127. The van der Waals surface area contributed by atoms with Gasteiger partial charge < -0.3 is 15.8 Å². The summed E-state index contributed by atoms with van der Waals surface area (Å²) < 4.78 is 5.45. The highest BCUT2D eigenvalue weighted by Crippen LogP contribution is 2.24. The van der Waals surface area contributed by atoms with Gasteiger partial charge >= 0.3 is 6.09 Å². The highest BCUT2D eigenvalue weighted by Gasteiger charge is 2.21. The van der Waals surface area contributed by atoms with Crippen molar-refractivity contribution in [2.45, 2.75) is 19.4 Å². The van der Waals surface area contributed by atoms with Crippen molar-refractivity contribution in [1.29, 1.82) is 0 Å². The maximum absolute atomic E-state index is 10.5. The van der Waals surface area contributed by atoms with Crippen LogP contribution in [0.2, 0.25) is 5.15 Å². The van der Waals surface area contributed by atoms with Gasteiger partial charge in [-0.25, -0.2) is 14.8 Å². The monoisotopic (exact) mass is 370 g/mol. The SMILES string of the molecule is CC(C)(COC(N)=O)Nc1ncnc(Cl)c1I. The van der Waals surface area contributed by atoms with Gasteiger partial charge in [-0.15, -0.1) is 0 Å². The second-order valence-electron chi connectivity index (χ2n) is 3.94. The Morgan fingerprint density at radius 1 is 1.65 bits per heavy atom. The van der Waals surface area contributed by atoms with E-state index in [1.165, 1.54) is 6.33 Å². The van der Waals surface area contributed by atoms with E-state index in [1.807, 2.05) is 36.4 Å². The number of primary amides is 1. The Labute approximate surface area is 117 Å². The second kappa shape index (κ2) is 5.67. The predicted molar refractivity (Wildman–Crippen MR) is 73.0 cm³/mol. The quantitative estimate of drug-likeness (QED) is 0.625. The second-order valence-corrected chi connectivity index (χ2v) is 5.38. The third-order valence-corrected chi connectivity index (χ3v) is 3.41. The fourth-order valence-corrected chi connectivity index (χ4v) is 1.59. The van der Waals surface area contributed by atoms with E-state index in [0.29, 0.717) is 14.5 Å². The third kappa shape index (κ3) is 4.50. The van der Waals surface area contributed by atoms with Gasteiger partial charge in [-0.2, -0.15) is 0 Å². The summed E-state index contributed by atoms with van der Waals surface area (Å²) >= 11 is 7.90. The van der Waals surface area contributed by atoms with Gasteiger partial charge in [0.2, 0.25) is 0 Å². The molecule has 0 bridgehead atoms. The lowest BCUT2D eigenvalue weighted by atomic mass is 10.1.